The quantitative estimate of drug-likeness (QED) is 0.807. The van der Waals surface area contributed by atoms with Crippen molar-refractivity contribution < 1.29 is 13.7 Å². The molecule has 1 aromatic heterocycles. The Morgan fingerprint density at radius 3 is 2.95 bits per heavy atom. The van der Waals surface area contributed by atoms with Gasteiger partial charge >= 0.3 is 0 Å². The molecule has 0 saturated heterocycles. The summed E-state index contributed by atoms with van der Waals surface area (Å²) in [5.74, 6) is 0.428. The fraction of sp³-hybridized carbons (Fsp3) is 0.333. The predicted octanol–water partition coefficient (Wildman–Crippen LogP) is 3.85. The molecule has 1 heterocycles. The van der Waals surface area contributed by atoms with Crippen molar-refractivity contribution in [1.82, 2.24) is 5.16 Å². The normalized spacial score (nSPS) is 18.1. The number of halogens is 2. The number of hydrogen-bond donors (Lipinski definition) is 0. The number of benzene rings is 1. The minimum absolute atomic E-state index is 0.0357. The van der Waals surface area contributed by atoms with E-state index >= 15 is 0 Å². The third-order valence-electron chi connectivity index (χ3n) is 3.69. The van der Waals surface area contributed by atoms with Gasteiger partial charge in [-0.25, -0.2) is 4.39 Å². The number of aromatic nitrogens is 1. The van der Waals surface area contributed by atoms with Gasteiger partial charge in [0.15, 0.2) is 5.78 Å². The van der Waals surface area contributed by atoms with Crippen LogP contribution in [0.15, 0.2) is 28.8 Å². The summed E-state index contributed by atoms with van der Waals surface area (Å²) in [5, 5.41) is 3.91. The molecule has 2 aromatic rings. The van der Waals surface area contributed by atoms with Gasteiger partial charge < -0.3 is 4.52 Å². The topological polar surface area (TPSA) is 43.1 Å². The van der Waals surface area contributed by atoms with Gasteiger partial charge in [-0.3, -0.25) is 4.79 Å². The molecular formula is C15H13ClFNO2. The number of carbonyl (C=O) groups excluding carboxylic acids is 1. The van der Waals surface area contributed by atoms with Crippen LogP contribution in [0.5, 0.6) is 0 Å². The third kappa shape index (κ3) is 2.14. The molecule has 3 nitrogen and oxygen atoms in total. The van der Waals surface area contributed by atoms with E-state index in [1.165, 1.54) is 6.07 Å². The van der Waals surface area contributed by atoms with Crippen LogP contribution in [0.3, 0.4) is 0 Å². The van der Waals surface area contributed by atoms with Crippen molar-refractivity contribution in [2.45, 2.75) is 19.3 Å². The molecule has 0 saturated carbocycles. The van der Waals surface area contributed by atoms with Crippen molar-refractivity contribution in [3.05, 3.63) is 41.4 Å². The summed E-state index contributed by atoms with van der Waals surface area (Å²) in [6.45, 7) is 0. The van der Waals surface area contributed by atoms with E-state index in [1.54, 1.807) is 18.2 Å². The van der Waals surface area contributed by atoms with Crippen molar-refractivity contribution in [3.8, 4) is 11.3 Å². The van der Waals surface area contributed by atoms with Crippen LogP contribution in [-0.4, -0.2) is 16.8 Å². The van der Waals surface area contributed by atoms with Crippen molar-refractivity contribution in [3.63, 3.8) is 0 Å². The van der Waals surface area contributed by atoms with E-state index in [0.717, 1.165) is 0 Å². The van der Waals surface area contributed by atoms with Crippen LogP contribution in [-0.2, 0) is 6.42 Å². The Kier molecular flexibility index (Phi) is 3.57. The molecule has 1 aliphatic carbocycles. The monoisotopic (exact) mass is 293 g/mol. The Bertz CT molecular complexity index is 653. The molecule has 1 atom stereocenters. The number of carbonyl (C=O) groups is 1. The van der Waals surface area contributed by atoms with Gasteiger partial charge in [0.05, 0.1) is 5.56 Å². The summed E-state index contributed by atoms with van der Waals surface area (Å²) in [5.41, 5.74) is 1.04. The highest BCUT2D eigenvalue weighted by molar-refractivity contribution is 6.18. The average molecular weight is 294 g/mol. The van der Waals surface area contributed by atoms with E-state index in [2.05, 4.69) is 5.16 Å². The number of Topliss-reactive ketones (excluding diaryl/α,β-unsaturated/α-hetero) is 1. The number of hydrogen-bond acceptors (Lipinski definition) is 3. The van der Waals surface area contributed by atoms with E-state index in [-0.39, 0.29) is 11.7 Å². The van der Waals surface area contributed by atoms with Crippen molar-refractivity contribution in [2.75, 3.05) is 5.88 Å². The van der Waals surface area contributed by atoms with E-state index in [4.69, 9.17) is 16.1 Å². The van der Waals surface area contributed by atoms with Gasteiger partial charge in [0, 0.05) is 23.8 Å². The van der Waals surface area contributed by atoms with Gasteiger partial charge in [0.25, 0.3) is 0 Å². The molecule has 1 aromatic carbocycles. The molecule has 5 heteroatoms. The van der Waals surface area contributed by atoms with E-state index in [0.29, 0.717) is 47.7 Å². The Morgan fingerprint density at radius 2 is 2.20 bits per heavy atom. The Balaban J connectivity index is 2.07. The smallest absolute Gasteiger partial charge is 0.171 e. The fourth-order valence-electron chi connectivity index (χ4n) is 2.63. The lowest BCUT2D eigenvalue weighted by Crippen LogP contribution is -2.22. The summed E-state index contributed by atoms with van der Waals surface area (Å²) in [6, 6.07) is 6.26. The molecular weight excluding hydrogens is 281 g/mol. The molecule has 0 spiro atoms. The third-order valence-corrected chi connectivity index (χ3v) is 3.90. The Hall–Kier alpha value is -1.68. The van der Waals surface area contributed by atoms with Crippen LogP contribution in [0, 0.1) is 11.7 Å². The summed E-state index contributed by atoms with van der Waals surface area (Å²) in [7, 11) is 0. The maximum Gasteiger partial charge on any atom is 0.171 e. The Morgan fingerprint density at radius 1 is 1.40 bits per heavy atom. The number of nitrogens with zero attached hydrogens (tertiary/aromatic N) is 1. The first-order valence-electron chi connectivity index (χ1n) is 6.56. The SMILES string of the molecule is O=C1c2c(-c3ccccc3F)noc2CCC1CCCl. The van der Waals surface area contributed by atoms with E-state index in [1.807, 2.05) is 0 Å². The van der Waals surface area contributed by atoms with Crippen LogP contribution in [0.4, 0.5) is 4.39 Å². The van der Waals surface area contributed by atoms with Gasteiger partial charge in [0.1, 0.15) is 17.3 Å². The number of rotatable bonds is 3. The molecule has 0 radical (unpaired) electrons. The van der Waals surface area contributed by atoms with Gasteiger partial charge in [-0.2, -0.15) is 0 Å². The van der Waals surface area contributed by atoms with Crippen LogP contribution in [0.25, 0.3) is 11.3 Å². The lowest BCUT2D eigenvalue weighted by molar-refractivity contribution is 0.0894. The van der Waals surface area contributed by atoms with Crippen LogP contribution in [0.1, 0.15) is 29.0 Å². The molecule has 20 heavy (non-hydrogen) atoms. The van der Waals surface area contributed by atoms with Crippen LogP contribution >= 0.6 is 11.6 Å². The highest BCUT2D eigenvalue weighted by atomic mass is 35.5. The molecule has 0 fully saturated rings. The maximum atomic E-state index is 13.9. The highest BCUT2D eigenvalue weighted by Gasteiger charge is 2.34. The van der Waals surface area contributed by atoms with Crippen molar-refractivity contribution in [1.29, 1.82) is 0 Å². The molecule has 1 unspecified atom stereocenters. The lowest BCUT2D eigenvalue weighted by Gasteiger charge is -2.18. The minimum Gasteiger partial charge on any atom is -0.360 e. The van der Waals surface area contributed by atoms with Gasteiger partial charge in [-0.05, 0) is 25.0 Å². The minimum atomic E-state index is -0.407. The summed E-state index contributed by atoms with van der Waals surface area (Å²) in [6.07, 6.45) is 1.98. The van der Waals surface area contributed by atoms with E-state index < -0.39 is 5.82 Å². The van der Waals surface area contributed by atoms with Crippen LogP contribution < -0.4 is 0 Å². The number of fused-ring (bicyclic) bond motifs is 1. The molecule has 0 amide bonds. The molecule has 1 aliphatic rings. The number of alkyl halides is 1. The molecule has 104 valence electrons. The zero-order valence-electron chi connectivity index (χ0n) is 10.7. The zero-order chi connectivity index (χ0) is 14.1. The zero-order valence-corrected chi connectivity index (χ0v) is 11.5. The fourth-order valence-corrected chi connectivity index (χ4v) is 2.90. The van der Waals surface area contributed by atoms with E-state index in [9.17, 15) is 9.18 Å². The predicted molar refractivity (Wildman–Crippen MR) is 73.4 cm³/mol. The first-order valence-corrected chi connectivity index (χ1v) is 7.09. The molecule has 0 aliphatic heterocycles. The second-order valence-electron chi connectivity index (χ2n) is 4.89. The Labute approximate surface area is 120 Å². The number of ketones is 1. The maximum absolute atomic E-state index is 13.9. The summed E-state index contributed by atoms with van der Waals surface area (Å²) < 4.78 is 19.1. The second kappa shape index (κ2) is 5.37. The molecule has 3 rings (SSSR count). The highest BCUT2D eigenvalue weighted by Crippen LogP contribution is 2.35. The molecule has 0 N–H and O–H groups in total. The first-order chi connectivity index (χ1) is 9.72. The van der Waals surface area contributed by atoms with Gasteiger partial charge in [0.2, 0.25) is 0 Å². The standard InChI is InChI=1S/C15H13ClFNO2/c16-8-7-9-5-6-12-13(15(9)19)14(18-20-12)10-3-1-2-4-11(10)17/h1-4,9H,5-8H2. The van der Waals surface area contributed by atoms with Crippen molar-refractivity contribution in [2.24, 2.45) is 5.92 Å². The second-order valence-corrected chi connectivity index (χ2v) is 5.26. The summed E-state index contributed by atoms with van der Waals surface area (Å²) >= 11 is 5.73. The van der Waals surface area contributed by atoms with Crippen molar-refractivity contribution >= 4 is 17.4 Å². The lowest BCUT2D eigenvalue weighted by atomic mass is 9.83. The first kappa shape index (κ1) is 13.3. The average Bonchev–Trinajstić information content (AvgIpc) is 2.87. The van der Waals surface area contributed by atoms with Gasteiger partial charge in [-0.15, -0.1) is 11.6 Å². The molecule has 0 bridgehead atoms. The number of aryl methyl sites for hydroxylation is 1. The largest absolute Gasteiger partial charge is 0.360 e. The van der Waals surface area contributed by atoms with Gasteiger partial charge in [-0.1, -0.05) is 17.3 Å². The van der Waals surface area contributed by atoms with Crippen LogP contribution in [0.2, 0.25) is 0 Å². The summed E-state index contributed by atoms with van der Waals surface area (Å²) in [4.78, 5) is 12.5.